The zero-order chi connectivity index (χ0) is 17.6. The van der Waals surface area contributed by atoms with Crippen LogP contribution in [0.5, 0.6) is 0 Å². The summed E-state index contributed by atoms with van der Waals surface area (Å²) >= 11 is 0. The number of nitrogens with two attached hydrogens (primary N) is 1. The van der Waals surface area contributed by atoms with Gasteiger partial charge in [0.15, 0.2) is 5.82 Å². The number of rotatable bonds is 2. The lowest BCUT2D eigenvalue weighted by atomic mass is 10.1. The highest BCUT2D eigenvalue weighted by Gasteiger charge is 2.18. The van der Waals surface area contributed by atoms with Crippen molar-refractivity contribution in [1.82, 2.24) is 19.7 Å². The van der Waals surface area contributed by atoms with Crippen molar-refractivity contribution in [2.24, 2.45) is 5.73 Å². The van der Waals surface area contributed by atoms with Crippen LogP contribution in [-0.4, -0.2) is 32.7 Å². The highest BCUT2D eigenvalue weighted by molar-refractivity contribution is 5.99. The molecule has 3 aromatic rings. The quantitative estimate of drug-likeness (QED) is 0.615. The lowest BCUT2D eigenvalue weighted by Gasteiger charge is -2.00. The molecule has 0 aliphatic carbocycles. The van der Waals surface area contributed by atoms with Gasteiger partial charge in [-0.3, -0.25) is 9.89 Å². The molecule has 8 heteroatoms. The Labute approximate surface area is 142 Å². The number of benzene rings is 1. The topological polar surface area (TPSA) is 102 Å². The van der Waals surface area contributed by atoms with Gasteiger partial charge >= 0.3 is 0 Å². The zero-order valence-corrected chi connectivity index (χ0v) is 13.5. The lowest BCUT2D eigenvalue weighted by Crippen LogP contribution is -2.13. The molecule has 0 radical (unpaired) electrons. The molecule has 0 atom stereocenters. The van der Waals surface area contributed by atoms with Crippen molar-refractivity contribution in [2.45, 2.75) is 19.4 Å². The number of nitrogens with one attached hydrogen (secondary N) is 2. The molecule has 126 valence electrons. The number of nitrogens with zero attached hydrogens (tertiary/aromatic N) is 3. The maximum absolute atomic E-state index is 14.4. The Morgan fingerprint density at radius 1 is 1.44 bits per heavy atom. The first-order chi connectivity index (χ1) is 12.1. The van der Waals surface area contributed by atoms with E-state index >= 15 is 0 Å². The van der Waals surface area contributed by atoms with Gasteiger partial charge in [0, 0.05) is 26.1 Å². The van der Waals surface area contributed by atoms with Crippen LogP contribution in [0, 0.1) is 17.7 Å². The summed E-state index contributed by atoms with van der Waals surface area (Å²) in [6.45, 7) is 0.860. The van der Waals surface area contributed by atoms with E-state index in [1.54, 1.807) is 13.1 Å². The minimum Gasteiger partial charge on any atom is -0.371 e. The first-order valence-corrected chi connectivity index (χ1v) is 7.85. The number of halogens is 1. The van der Waals surface area contributed by atoms with Crippen LogP contribution < -0.4 is 11.1 Å². The number of fused-ring (bicyclic) bond motifs is 3. The molecule has 7 nitrogen and oxygen atoms in total. The number of carbonyl (C=O) groups is 1. The number of aromatic nitrogens is 4. The molecular formula is C17H15FN6O. The van der Waals surface area contributed by atoms with Crippen LogP contribution >= 0.6 is 0 Å². The highest BCUT2D eigenvalue weighted by atomic mass is 19.1. The number of aryl methyl sites for hydroxylation is 2. The van der Waals surface area contributed by atoms with Crippen molar-refractivity contribution >= 4 is 22.8 Å². The Balaban J connectivity index is 1.78. The van der Waals surface area contributed by atoms with Gasteiger partial charge in [0.25, 0.3) is 5.91 Å². The molecule has 1 aliphatic rings. The summed E-state index contributed by atoms with van der Waals surface area (Å²) in [7, 11) is 1.62. The molecule has 0 saturated carbocycles. The Morgan fingerprint density at radius 3 is 3.04 bits per heavy atom. The number of carbonyl (C=O) groups excluding carboxylic acids is 1. The maximum atomic E-state index is 14.4. The number of H-pyrrole nitrogens is 1. The second-order valence-electron chi connectivity index (χ2n) is 5.79. The predicted octanol–water partition coefficient (Wildman–Crippen LogP) is 1.39. The fourth-order valence-corrected chi connectivity index (χ4v) is 3.11. The molecule has 3 heterocycles. The van der Waals surface area contributed by atoms with Gasteiger partial charge in [-0.1, -0.05) is 5.92 Å². The molecule has 2 aromatic heterocycles. The van der Waals surface area contributed by atoms with E-state index in [0.29, 0.717) is 5.82 Å². The van der Waals surface area contributed by atoms with Crippen LogP contribution in [0.2, 0.25) is 0 Å². The minimum absolute atomic E-state index is 0.150. The molecule has 0 saturated heterocycles. The van der Waals surface area contributed by atoms with Crippen molar-refractivity contribution in [2.75, 3.05) is 12.4 Å². The third-order valence-electron chi connectivity index (χ3n) is 4.27. The van der Waals surface area contributed by atoms with Gasteiger partial charge in [-0.25, -0.2) is 9.37 Å². The largest absolute Gasteiger partial charge is 0.371 e. The van der Waals surface area contributed by atoms with Crippen molar-refractivity contribution in [3.05, 3.63) is 40.6 Å². The monoisotopic (exact) mass is 338 g/mol. The first-order valence-electron chi connectivity index (χ1n) is 7.85. The van der Waals surface area contributed by atoms with Crippen molar-refractivity contribution in [3.8, 4) is 11.8 Å². The van der Waals surface area contributed by atoms with Crippen LogP contribution in [0.4, 0.5) is 10.2 Å². The first kappa shape index (κ1) is 15.2. The van der Waals surface area contributed by atoms with E-state index in [9.17, 15) is 9.18 Å². The summed E-state index contributed by atoms with van der Waals surface area (Å²) in [5, 5.41) is 9.32. The molecule has 0 unspecified atom stereocenters. The normalized spacial score (nSPS) is 12.7. The van der Waals surface area contributed by atoms with Crippen LogP contribution in [0.25, 0.3) is 11.0 Å². The van der Waals surface area contributed by atoms with Crippen LogP contribution in [0.15, 0.2) is 12.1 Å². The molecule has 25 heavy (non-hydrogen) atoms. The van der Waals surface area contributed by atoms with E-state index in [-0.39, 0.29) is 16.8 Å². The van der Waals surface area contributed by atoms with Gasteiger partial charge in [-0.15, -0.1) is 0 Å². The molecule has 4 rings (SSSR count). The van der Waals surface area contributed by atoms with E-state index in [2.05, 4.69) is 32.3 Å². The summed E-state index contributed by atoms with van der Waals surface area (Å²) in [5.41, 5.74) is 7.46. The molecule has 4 N–H and O–H groups in total. The fraction of sp³-hybridized carbons (Fsp3) is 0.235. The van der Waals surface area contributed by atoms with Crippen LogP contribution in [0.1, 0.15) is 33.9 Å². The Kier molecular flexibility index (Phi) is 3.42. The molecule has 0 fully saturated rings. The number of primary amides is 1. The second kappa shape index (κ2) is 5.63. The maximum Gasteiger partial charge on any atom is 0.255 e. The van der Waals surface area contributed by atoms with Gasteiger partial charge < -0.3 is 15.6 Å². The molecular weight excluding hydrogens is 323 g/mol. The van der Waals surface area contributed by atoms with Gasteiger partial charge in [-0.2, -0.15) is 5.10 Å². The summed E-state index contributed by atoms with van der Waals surface area (Å²) in [6.07, 6.45) is 1.94. The summed E-state index contributed by atoms with van der Waals surface area (Å²) in [4.78, 5) is 16.1. The Hall–Kier alpha value is -3.34. The molecule has 0 bridgehead atoms. The number of hydrogen-bond acceptors (Lipinski definition) is 4. The standard InChI is InChI=1S/C17H15FN6O/c1-20-17-15(16(19)25)11(22-23-17)5-4-9-7-12-13(8-10(9)18)24-6-2-3-14(24)21-12/h7-8H,2-3,6H2,1H3,(H2,19,25)(H2,20,22,23). The van der Waals surface area contributed by atoms with Crippen LogP contribution in [0.3, 0.4) is 0 Å². The van der Waals surface area contributed by atoms with Gasteiger partial charge in [0.05, 0.1) is 16.6 Å². The van der Waals surface area contributed by atoms with E-state index < -0.39 is 11.7 Å². The van der Waals surface area contributed by atoms with E-state index in [4.69, 9.17) is 5.73 Å². The number of anilines is 1. The van der Waals surface area contributed by atoms with Crippen molar-refractivity contribution < 1.29 is 9.18 Å². The van der Waals surface area contributed by atoms with Gasteiger partial charge in [0.2, 0.25) is 0 Å². The van der Waals surface area contributed by atoms with Crippen molar-refractivity contribution in [1.29, 1.82) is 0 Å². The second-order valence-corrected chi connectivity index (χ2v) is 5.79. The average Bonchev–Trinajstić information content (AvgIpc) is 3.26. The number of amides is 1. The molecule has 1 aliphatic heterocycles. The summed E-state index contributed by atoms with van der Waals surface area (Å²) in [5.74, 6) is 5.66. The highest BCUT2D eigenvalue weighted by Crippen LogP contribution is 2.25. The van der Waals surface area contributed by atoms with Crippen molar-refractivity contribution in [3.63, 3.8) is 0 Å². The van der Waals surface area contributed by atoms with E-state index in [1.807, 2.05) is 4.57 Å². The fourth-order valence-electron chi connectivity index (χ4n) is 3.11. The minimum atomic E-state index is -0.663. The smallest absolute Gasteiger partial charge is 0.255 e. The molecule has 1 amide bonds. The summed E-state index contributed by atoms with van der Waals surface area (Å²) < 4.78 is 16.5. The number of aromatic amines is 1. The lowest BCUT2D eigenvalue weighted by molar-refractivity contribution is 0.100. The van der Waals surface area contributed by atoms with E-state index in [1.165, 1.54) is 6.07 Å². The third-order valence-corrected chi connectivity index (χ3v) is 4.27. The Bertz CT molecular complexity index is 1070. The predicted molar refractivity (Wildman–Crippen MR) is 90.6 cm³/mol. The van der Waals surface area contributed by atoms with Gasteiger partial charge in [0.1, 0.15) is 22.9 Å². The number of hydrogen-bond donors (Lipinski definition) is 3. The Morgan fingerprint density at radius 2 is 2.28 bits per heavy atom. The van der Waals surface area contributed by atoms with Gasteiger partial charge in [-0.05, 0) is 18.4 Å². The van der Waals surface area contributed by atoms with Crippen LogP contribution in [-0.2, 0) is 13.0 Å². The third kappa shape index (κ3) is 2.41. The molecule has 1 aromatic carbocycles. The zero-order valence-electron chi connectivity index (χ0n) is 13.5. The van der Waals surface area contributed by atoms with E-state index in [0.717, 1.165) is 36.2 Å². The SMILES string of the molecule is CNc1n[nH]c(C#Cc2cc3nc4n(c3cc2F)CCC4)c1C(N)=O. The number of imidazole rings is 1. The summed E-state index contributed by atoms with van der Waals surface area (Å²) in [6, 6.07) is 3.09. The average molecular weight is 338 g/mol. The molecule has 0 spiro atoms.